The summed E-state index contributed by atoms with van der Waals surface area (Å²) in [6.07, 6.45) is 0.0980. The highest BCUT2D eigenvalue weighted by Crippen LogP contribution is 2.31. The first-order valence-electron chi connectivity index (χ1n) is 12.9. The van der Waals surface area contributed by atoms with Crippen LogP contribution in [-0.4, -0.2) is 76.6 Å². The zero-order valence-electron chi connectivity index (χ0n) is 21.9. The number of hydrogen-bond acceptors (Lipinski definition) is 4. The van der Waals surface area contributed by atoms with E-state index in [2.05, 4.69) is 12.2 Å². The lowest BCUT2D eigenvalue weighted by atomic mass is 9.91. The zero-order chi connectivity index (χ0) is 26.7. The van der Waals surface area contributed by atoms with Crippen molar-refractivity contribution in [2.45, 2.75) is 51.9 Å². The number of hydrogen-bond donors (Lipinski definition) is 1. The third kappa shape index (κ3) is 5.61. The Labute approximate surface area is 218 Å². The van der Waals surface area contributed by atoms with Crippen molar-refractivity contribution < 1.29 is 18.8 Å². The maximum absolute atomic E-state index is 13.8. The minimum absolute atomic E-state index is 0.00109. The Morgan fingerprint density at radius 2 is 1.76 bits per heavy atom. The summed E-state index contributed by atoms with van der Waals surface area (Å²) in [5.41, 5.74) is 1.89. The monoisotopic (exact) mass is 509 g/mol. The Morgan fingerprint density at radius 3 is 2.41 bits per heavy atom. The summed E-state index contributed by atoms with van der Waals surface area (Å²) < 4.78 is 13.3. The van der Waals surface area contributed by atoms with Crippen LogP contribution in [0.2, 0.25) is 0 Å². The average Bonchev–Trinajstić information content (AvgIpc) is 2.89. The molecule has 2 heterocycles. The fourth-order valence-corrected chi connectivity index (χ4v) is 5.24. The predicted molar refractivity (Wildman–Crippen MR) is 138 cm³/mol. The third-order valence-electron chi connectivity index (χ3n) is 7.48. The molecule has 2 fully saturated rings. The normalized spacial score (nSPS) is 22.0. The van der Waals surface area contributed by atoms with Crippen LogP contribution >= 0.6 is 0 Å². The van der Waals surface area contributed by atoms with Gasteiger partial charge in [0.2, 0.25) is 11.8 Å². The number of likely N-dealkylation sites (N-methyl/N-ethyl adjacent to an activating group) is 1. The van der Waals surface area contributed by atoms with E-state index < -0.39 is 12.2 Å². The Bertz CT molecular complexity index is 1110. The van der Waals surface area contributed by atoms with Gasteiger partial charge in [-0.2, -0.15) is 0 Å². The van der Waals surface area contributed by atoms with E-state index in [1.165, 1.54) is 12.1 Å². The van der Waals surface area contributed by atoms with Crippen LogP contribution in [0.15, 0.2) is 54.6 Å². The number of fused-ring (bicyclic) bond motifs is 1. The Morgan fingerprint density at radius 1 is 1.08 bits per heavy atom. The summed E-state index contributed by atoms with van der Waals surface area (Å²) in [6.45, 7) is 7.00. The summed E-state index contributed by atoms with van der Waals surface area (Å²) in [5.74, 6) is -0.552. The second-order valence-electron chi connectivity index (χ2n) is 10.1. The molecule has 1 N–H and O–H groups in total. The summed E-state index contributed by atoms with van der Waals surface area (Å²) in [5, 5.41) is 6.06. The van der Waals surface area contributed by atoms with Gasteiger partial charge >= 0.3 is 6.03 Å². The highest BCUT2D eigenvalue weighted by molar-refractivity contribution is 5.91. The molecule has 2 aromatic rings. The lowest BCUT2D eigenvalue weighted by molar-refractivity contribution is -0.190. The molecule has 9 heteroatoms. The van der Waals surface area contributed by atoms with Gasteiger partial charge in [-0.15, -0.1) is 0 Å². The van der Waals surface area contributed by atoms with Crippen LogP contribution in [0, 0.1) is 11.7 Å². The van der Waals surface area contributed by atoms with Crippen molar-refractivity contribution in [1.82, 2.24) is 25.1 Å². The third-order valence-corrected chi connectivity index (χ3v) is 7.48. The lowest BCUT2D eigenvalue weighted by Gasteiger charge is -2.55. The number of piperazine rings is 1. The van der Waals surface area contributed by atoms with Gasteiger partial charge in [-0.1, -0.05) is 69.7 Å². The van der Waals surface area contributed by atoms with Crippen molar-refractivity contribution in [3.8, 4) is 0 Å². The summed E-state index contributed by atoms with van der Waals surface area (Å²) in [6, 6.07) is 15.0. The van der Waals surface area contributed by atoms with Crippen LogP contribution in [0.4, 0.5) is 9.18 Å². The minimum Gasteiger partial charge on any atom is -0.336 e. The number of amides is 4. The van der Waals surface area contributed by atoms with Crippen LogP contribution in [0.3, 0.4) is 0 Å². The fourth-order valence-electron chi connectivity index (χ4n) is 5.24. The maximum atomic E-state index is 13.8. The SMILES string of the molecule is CCC(C)[C@H]1C(=O)N(CC(C)c2ccccc2)C[C@H]2N1C(=O)CN(C)N2C(=O)NCc1ccc(F)cc1. The fraction of sp³-hybridized carbons (Fsp3) is 0.464. The molecule has 0 radical (unpaired) electrons. The molecule has 0 spiro atoms. The van der Waals surface area contributed by atoms with Crippen molar-refractivity contribution in [3.63, 3.8) is 0 Å². The summed E-state index contributed by atoms with van der Waals surface area (Å²) >= 11 is 0. The van der Waals surface area contributed by atoms with Crippen molar-refractivity contribution in [2.24, 2.45) is 5.92 Å². The van der Waals surface area contributed by atoms with Gasteiger partial charge in [-0.05, 0) is 35.1 Å². The maximum Gasteiger partial charge on any atom is 0.334 e. The number of urea groups is 1. The zero-order valence-corrected chi connectivity index (χ0v) is 21.9. The van der Waals surface area contributed by atoms with Gasteiger partial charge in [0.05, 0.1) is 13.1 Å². The molecule has 2 unspecified atom stereocenters. The van der Waals surface area contributed by atoms with Gasteiger partial charge in [0.25, 0.3) is 0 Å². The van der Waals surface area contributed by atoms with Gasteiger partial charge in [0, 0.05) is 20.1 Å². The first-order valence-corrected chi connectivity index (χ1v) is 12.9. The number of halogens is 1. The molecule has 8 nitrogen and oxygen atoms in total. The first-order chi connectivity index (χ1) is 17.7. The highest BCUT2D eigenvalue weighted by Gasteiger charge is 2.52. The largest absolute Gasteiger partial charge is 0.336 e. The standard InChI is InChI=1S/C28H36FN5O3/c1-5-19(2)26-27(36)32(16-20(3)22-9-7-6-8-10-22)17-24-33(26)25(35)18-31(4)34(24)28(37)30-15-21-11-13-23(29)14-12-21/h6-14,19-20,24,26H,5,15-18H2,1-4H3,(H,30,37)/t19?,20?,24-,26-/m0/s1. The van der Waals surface area contributed by atoms with Gasteiger partial charge < -0.3 is 15.1 Å². The van der Waals surface area contributed by atoms with Crippen LogP contribution in [-0.2, 0) is 16.1 Å². The molecule has 37 heavy (non-hydrogen) atoms. The van der Waals surface area contributed by atoms with Crippen LogP contribution in [0.1, 0.15) is 44.2 Å². The van der Waals surface area contributed by atoms with Gasteiger partial charge in [0.15, 0.2) is 0 Å². The van der Waals surface area contributed by atoms with Crippen molar-refractivity contribution in [2.75, 3.05) is 26.7 Å². The lowest BCUT2D eigenvalue weighted by Crippen LogP contribution is -2.76. The Kier molecular flexibility index (Phi) is 8.12. The van der Waals surface area contributed by atoms with Crippen LogP contribution < -0.4 is 5.32 Å². The topological polar surface area (TPSA) is 76.2 Å². The van der Waals surface area contributed by atoms with Crippen molar-refractivity contribution >= 4 is 17.8 Å². The number of carbonyl (C=O) groups is 3. The molecule has 0 aliphatic carbocycles. The number of nitrogens with zero attached hydrogens (tertiary/aromatic N) is 4. The molecule has 0 bridgehead atoms. The van der Waals surface area contributed by atoms with Crippen LogP contribution in [0.5, 0.6) is 0 Å². The molecule has 2 aromatic carbocycles. The van der Waals surface area contributed by atoms with E-state index in [0.29, 0.717) is 6.54 Å². The number of hydrazine groups is 1. The van der Waals surface area contributed by atoms with E-state index >= 15 is 0 Å². The molecule has 0 saturated carbocycles. The van der Waals surface area contributed by atoms with E-state index in [1.54, 1.807) is 34.1 Å². The first kappa shape index (κ1) is 26.6. The van der Waals surface area contributed by atoms with Gasteiger partial charge in [-0.25, -0.2) is 19.2 Å². The number of carbonyl (C=O) groups excluding carboxylic acids is 3. The average molecular weight is 510 g/mol. The summed E-state index contributed by atoms with van der Waals surface area (Å²) in [7, 11) is 1.71. The van der Waals surface area contributed by atoms with Gasteiger partial charge in [-0.3, -0.25) is 9.59 Å². The Balaban J connectivity index is 1.60. The smallest absolute Gasteiger partial charge is 0.334 e. The van der Waals surface area contributed by atoms with E-state index in [4.69, 9.17) is 0 Å². The molecule has 198 valence electrons. The van der Waals surface area contributed by atoms with Gasteiger partial charge in [0.1, 0.15) is 18.0 Å². The second-order valence-corrected chi connectivity index (χ2v) is 10.1. The molecule has 4 amide bonds. The van der Waals surface area contributed by atoms with Crippen molar-refractivity contribution in [1.29, 1.82) is 0 Å². The molecular formula is C28H36FN5O3. The van der Waals surface area contributed by atoms with Crippen LogP contribution in [0.25, 0.3) is 0 Å². The van der Waals surface area contributed by atoms with E-state index in [0.717, 1.165) is 17.5 Å². The van der Waals surface area contributed by atoms with Crippen molar-refractivity contribution in [3.05, 3.63) is 71.5 Å². The molecule has 0 aromatic heterocycles. The molecular weight excluding hydrogens is 473 g/mol. The number of rotatable bonds is 7. The number of benzene rings is 2. The summed E-state index contributed by atoms with van der Waals surface area (Å²) in [4.78, 5) is 43.9. The second kappa shape index (κ2) is 11.3. The Hall–Kier alpha value is -3.46. The van der Waals surface area contributed by atoms with E-state index in [-0.39, 0.29) is 55.1 Å². The van der Waals surface area contributed by atoms with E-state index in [1.807, 2.05) is 49.1 Å². The molecule has 2 aliphatic rings. The quantitative estimate of drug-likeness (QED) is 0.621. The predicted octanol–water partition coefficient (Wildman–Crippen LogP) is 3.41. The molecule has 4 atom stereocenters. The molecule has 2 aliphatic heterocycles. The number of nitrogens with one attached hydrogen (secondary N) is 1. The highest BCUT2D eigenvalue weighted by atomic mass is 19.1. The molecule has 2 saturated heterocycles. The molecule has 4 rings (SSSR count). The minimum atomic E-state index is -0.639. The van der Waals surface area contributed by atoms with E-state index in [9.17, 15) is 18.8 Å².